The first-order valence-corrected chi connectivity index (χ1v) is 4.26. The van der Waals surface area contributed by atoms with Crippen molar-refractivity contribution in [3.63, 3.8) is 0 Å². The molecule has 1 amide bonds. The standard InChI is InChI=1S/C8H15NO5/c1-8(7(12)9-2)5(11)4(10)6(13-3)14-8/h4-6,10-11H,1-3H3,(H,9,12)/t4-,5+,6-,8+/m1/s1. The van der Waals surface area contributed by atoms with Crippen LogP contribution in [0.4, 0.5) is 0 Å². The first-order chi connectivity index (χ1) is 6.47. The minimum absolute atomic E-state index is 0.497. The number of methoxy groups -OCH3 is 1. The van der Waals surface area contributed by atoms with Crippen molar-refractivity contribution in [3.8, 4) is 0 Å². The fraction of sp³-hybridized carbons (Fsp3) is 0.875. The average molecular weight is 205 g/mol. The molecule has 82 valence electrons. The molecule has 6 nitrogen and oxygen atoms in total. The van der Waals surface area contributed by atoms with E-state index in [2.05, 4.69) is 5.32 Å². The van der Waals surface area contributed by atoms with E-state index in [0.29, 0.717) is 0 Å². The second-order valence-corrected chi connectivity index (χ2v) is 3.34. The van der Waals surface area contributed by atoms with E-state index in [1.54, 1.807) is 0 Å². The molecule has 0 aliphatic carbocycles. The van der Waals surface area contributed by atoms with Gasteiger partial charge < -0.3 is 25.0 Å². The molecule has 4 atom stereocenters. The summed E-state index contributed by atoms with van der Waals surface area (Å²) in [5.74, 6) is -0.497. The largest absolute Gasteiger partial charge is 0.387 e. The van der Waals surface area contributed by atoms with Gasteiger partial charge in [0.15, 0.2) is 11.9 Å². The monoisotopic (exact) mass is 205 g/mol. The number of rotatable bonds is 2. The summed E-state index contributed by atoms with van der Waals surface area (Å²) >= 11 is 0. The van der Waals surface area contributed by atoms with Crippen LogP contribution in [0.2, 0.25) is 0 Å². The normalized spacial score (nSPS) is 42.5. The smallest absolute Gasteiger partial charge is 0.254 e. The van der Waals surface area contributed by atoms with Crippen molar-refractivity contribution in [2.24, 2.45) is 0 Å². The first kappa shape index (κ1) is 11.4. The number of amides is 1. The summed E-state index contributed by atoms with van der Waals surface area (Å²) in [5, 5.41) is 21.4. The van der Waals surface area contributed by atoms with Crippen molar-refractivity contribution in [1.29, 1.82) is 0 Å². The molecule has 14 heavy (non-hydrogen) atoms. The highest BCUT2D eigenvalue weighted by Crippen LogP contribution is 2.31. The summed E-state index contributed by atoms with van der Waals surface area (Å²) in [6.07, 6.45) is -3.50. The lowest BCUT2D eigenvalue weighted by molar-refractivity contribution is -0.182. The molecule has 1 rings (SSSR count). The Morgan fingerprint density at radius 2 is 2.14 bits per heavy atom. The fourth-order valence-corrected chi connectivity index (χ4v) is 1.48. The van der Waals surface area contributed by atoms with E-state index in [9.17, 15) is 15.0 Å². The fourth-order valence-electron chi connectivity index (χ4n) is 1.48. The molecule has 0 unspecified atom stereocenters. The zero-order valence-electron chi connectivity index (χ0n) is 8.35. The number of ether oxygens (including phenoxy) is 2. The summed E-state index contributed by atoms with van der Waals surface area (Å²) in [6, 6.07) is 0. The third-order valence-electron chi connectivity index (χ3n) is 2.44. The summed E-state index contributed by atoms with van der Waals surface area (Å²) < 4.78 is 9.91. The van der Waals surface area contributed by atoms with Crippen molar-refractivity contribution in [3.05, 3.63) is 0 Å². The topological polar surface area (TPSA) is 88.0 Å². The van der Waals surface area contributed by atoms with E-state index in [0.717, 1.165) is 0 Å². The van der Waals surface area contributed by atoms with Crippen LogP contribution < -0.4 is 5.32 Å². The van der Waals surface area contributed by atoms with Crippen LogP contribution in [-0.4, -0.2) is 54.4 Å². The van der Waals surface area contributed by atoms with E-state index in [-0.39, 0.29) is 0 Å². The molecule has 0 aromatic carbocycles. The highest BCUT2D eigenvalue weighted by molar-refractivity contribution is 5.85. The second kappa shape index (κ2) is 3.82. The number of carbonyl (C=O) groups is 1. The molecule has 0 spiro atoms. The minimum atomic E-state index is -1.46. The molecular weight excluding hydrogens is 190 g/mol. The number of hydrogen-bond donors (Lipinski definition) is 3. The van der Waals surface area contributed by atoms with E-state index < -0.39 is 30.0 Å². The van der Waals surface area contributed by atoms with Gasteiger partial charge in [-0.25, -0.2) is 0 Å². The third-order valence-corrected chi connectivity index (χ3v) is 2.44. The predicted octanol–water partition coefficient (Wildman–Crippen LogP) is -1.78. The maximum Gasteiger partial charge on any atom is 0.254 e. The van der Waals surface area contributed by atoms with E-state index in [4.69, 9.17) is 9.47 Å². The molecule has 1 aliphatic rings. The lowest BCUT2D eigenvalue weighted by Gasteiger charge is -2.24. The highest BCUT2D eigenvalue weighted by atomic mass is 16.7. The molecule has 0 radical (unpaired) electrons. The Bertz CT molecular complexity index is 234. The summed E-state index contributed by atoms with van der Waals surface area (Å²) in [6.45, 7) is 1.40. The number of hydrogen-bond acceptors (Lipinski definition) is 5. The zero-order chi connectivity index (χ0) is 10.9. The number of carbonyl (C=O) groups excluding carboxylic acids is 1. The molecule has 0 saturated carbocycles. The molecular formula is C8H15NO5. The predicted molar refractivity (Wildman–Crippen MR) is 46.4 cm³/mol. The molecule has 1 fully saturated rings. The molecule has 1 aliphatic heterocycles. The Balaban J connectivity index is 2.87. The van der Waals surface area contributed by atoms with Crippen molar-refractivity contribution >= 4 is 5.91 Å². The van der Waals surface area contributed by atoms with E-state index >= 15 is 0 Å². The molecule has 3 N–H and O–H groups in total. The number of aliphatic hydroxyl groups is 2. The lowest BCUT2D eigenvalue weighted by Crippen LogP contribution is -2.51. The Morgan fingerprint density at radius 1 is 1.57 bits per heavy atom. The van der Waals surface area contributed by atoms with Gasteiger partial charge in [0, 0.05) is 14.2 Å². The van der Waals surface area contributed by atoms with E-state index in [1.807, 2.05) is 0 Å². The van der Waals surface area contributed by atoms with Crippen LogP contribution in [-0.2, 0) is 14.3 Å². The van der Waals surface area contributed by atoms with Gasteiger partial charge in [-0.3, -0.25) is 4.79 Å². The molecule has 1 heterocycles. The van der Waals surface area contributed by atoms with Crippen LogP contribution in [0.25, 0.3) is 0 Å². The van der Waals surface area contributed by atoms with Crippen LogP contribution in [0, 0.1) is 0 Å². The van der Waals surface area contributed by atoms with Gasteiger partial charge in [0.05, 0.1) is 0 Å². The van der Waals surface area contributed by atoms with E-state index in [1.165, 1.54) is 21.1 Å². The number of nitrogens with one attached hydrogen (secondary N) is 1. The Labute approximate surface area is 81.8 Å². The number of aliphatic hydroxyl groups excluding tert-OH is 2. The lowest BCUT2D eigenvalue weighted by atomic mass is 9.97. The van der Waals surface area contributed by atoms with Crippen molar-refractivity contribution in [1.82, 2.24) is 5.32 Å². The average Bonchev–Trinajstić information content (AvgIpc) is 2.42. The van der Waals surface area contributed by atoms with Crippen molar-refractivity contribution < 1.29 is 24.5 Å². The Morgan fingerprint density at radius 3 is 2.50 bits per heavy atom. The van der Waals surface area contributed by atoms with Crippen LogP contribution in [0.1, 0.15) is 6.92 Å². The summed E-state index contributed by atoms with van der Waals surface area (Å²) in [7, 11) is 2.76. The summed E-state index contributed by atoms with van der Waals surface area (Å²) in [4.78, 5) is 11.4. The maximum absolute atomic E-state index is 11.4. The molecule has 0 aromatic heterocycles. The molecule has 0 aromatic rings. The van der Waals surface area contributed by atoms with Gasteiger partial charge in [-0.05, 0) is 6.92 Å². The van der Waals surface area contributed by atoms with Gasteiger partial charge in [-0.2, -0.15) is 0 Å². The zero-order valence-corrected chi connectivity index (χ0v) is 8.35. The van der Waals surface area contributed by atoms with Gasteiger partial charge >= 0.3 is 0 Å². The Hall–Kier alpha value is -0.690. The third kappa shape index (κ3) is 1.50. The molecule has 0 bridgehead atoms. The van der Waals surface area contributed by atoms with Gasteiger partial charge in [0.2, 0.25) is 0 Å². The summed E-state index contributed by atoms with van der Waals surface area (Å²) in [5.41, 5.74) is -1.46. The highest BCUT2D eigenvalue weighted by Gasteiger charge is 2.55. The van der Waals surface area contributed by atoms with Crippen LogP contribution >= 0.6 is 0 Å². The van der Waals surface area contributed by atoms with Crippen molar-refractivity contribution in [2.75, 3.05) is 14.2 Å². The number of likely N-dealkylation sites (N-methyl/N-ethyl adjacent to an activating group) is 1. The van der Waals surface area contributed by atoms with Crippen molar-refractivity contribution in [2.45, 2.75) is 31.0 Å². The van der Waals surface area contributed by atoms with Crippen LogP contribution in [0.3, 0.4) is 0 Å². The van der Waals surface area contributed by atoms with Crippen LogP contribution in [0.5, 0.6) is 0 Å². The quantitative estimate of drug-likeness (QED) is 0.496. The van der Waals surface area contributed by atoms with Gasteiger partial charge in [-0.15, -0.1) is 0 Å². The van der Waals surface area contributed by atoms with Gasteiger partial charge in [0.25, 0.3) is 5.91 Å². The maximum atomic E-state index is 11.4. The Kier molecular flexibility index (Phi) is 3.10. The van der Waals surface area contributed by atoms with Crippen LogP contribution in [0.15, 0.2) is 0 Å². The van der Waals surface area contributed by atoms with Gasteiger partial charge in [-0.1, -0.05) is 0 Å². The second-order valence-electron chi connectivity index (χ2n) is 3.34. The SMILES string of the molecule is CNC(=O)[C@@]1(C)O[C@@H](OC)[C@H](O)[C@@H]1O. The minimum Gasteiger partial charge on any atom is -0.387 e. The first-order valence-electron chi connectivity index (χ1n) is 4.26. The molecule has 6 heteroatoms. The molecule has 1 saturated heterocycles. The van der Waals surface area contributed by atoms with Gasteiger partial charge in [0.1, 0.15) is 12.2 Å².